The van der Waals surface area contributed by atoms with Crippen LogP contribution in [-0.4, -0.2) is 75.0 Å². The van der Waals surface area contributed by atoms with Gasteiger partial charge in [-0.05, 0) is 39.0 Å². The van der Waals surface area contributed by atoms with Gasteiger partial charge < -0.3 is 26.0 Å². The van der Waals surface area contributed by atoms with Crippen LogP contribution in [0.2, 0.25) is 0 Å². The van der Waals surface area contributed by atoms with Gasteiger partial charge in [0.1, 0.15) is 23.8 Å². The normalized spacial score (nSPS) is 28.3. The number of aromatic nitrogens is 4. The molecule has 0 amide bonds. The molecule has 2 saturated heterocycles. The van der Waals surface area contributed by atoms with Crippen LogP contribution < -0.4 is 11.5 Å². The SMILES string of the molecule is CCCCCCCC/C=C\CCCCCCCOC[C@@H]1COP(=O)(OC[C@H]2O[C@@H](n3cnc4c(N)nc(N)nc43)[C@@](C)(F)[C@H]2O)O1. The fraction of sp³-hybridized carbons (Fsp3) is 0.774. The van der Waals surface area contributed by atoms with E-state index in [-0.39, 0.29) is 36.1 Å². The Hall–Kier alpha value is -2.19. The molecule has 2 fully saturated rings. The van der Waals surface area contributed by atoms with Crippen LogP contribution >= 0.6 is 7.82 Å². The quantitative estimate of drug-likeness (QED) is 0.0781. The molecule has 260 valence electrons. The number of nitrogen functional groups attached to an aromatic ring is 2. The Morgan fingerprint density at radius 3 is 2.46 bits per heavy atom. The summed E-state index contributed by atoms with van der Waals surface area (Å²) in [6, 6.07) is 0. The molecule has 5 N–H and O–H groups in total. The number of phosphoric ester groups is 1. The summed E-state index contributed by atoms with van der Waals surface area (Å²) < 4.78 is 57.7. The van der Waals surface area contributed by atoms with E-state index < -0.39 is 44.6 Å². The zero-order valence-electron chi connectivity index (χ0n) is 27.2. The van der Waals surface area contributed by atoms with Gasteiger partial charge in [-0.1, -0.05) is 70.4 Å². The number of imidazole rings is 1. The number of fused-ring (bicyclic) bond motifs is 1. The van der Waals surface area contributed by atoms with E-state index in [4.69, 9.17) is 34.5 Å². The number of hydrogen-bond donors (Lipinski definition) is 3. The number of hydrogen-bond acceptors (Lipinski definition) is 12. The third-order valence-electron chi connectivity index (χ3n) is 8.38. The maximum atomic E-state index is 15.7. The fourth-order valence-corrected chi connectivity index (χ4v) is 7.06. The topological polar surface area (TPSA) is 179 Å². The summed E-state index contributed by atoms with van der Waals surface area (Å²) in [7, 11) is -3.94. The predicted molar refractivity (Wildman–Crippen MR) is 174 cm³/mol. The van der Waals surface area contributed by atoms with Crippen molar-refractivity contribution < 1.29 is 37.1 Å². The Balaban J connectivity index is 1.07. The van der Waals surface area contributed by atoms with Crippen molar-refractivity contribution in [2.75, 3.05) is 37.9 Å². The molecule has 1 unspecified atom stereocenters. The number of aliphatic hydroxyl groups is 1. The summed E-state index contributed by atoms with van der Waals surface area (Å²) in [4.78, 5) is 12.1. The highest BCUT2D eigenvalue weighted by Crippen LogP contribution is 2.56. The largest absolute Gasteiger partial charge is 0.475 e. The van der Waals surface area contributed by atoms with Gasteiger partial charge in [0, 0.05) is 6.61 Å². The lowest BCUT2D eigenvalue weighted by Crippen LogP contribution is -2.40. The number of ether oxygens (including phenoxy) is 2. The molecule has 2 aromatic rings. The third kappa shape index (κ3) is 10.2. The molecule has 0 saturated carbocycles. The molecule has 2 aromatic heterocycles. The number of halogens is 1. The molecule has 0 aromatic carbocycles. The summed E-state index contributed by atoms with van der Waals surface area (Å²) in [5.41, 5.74) is 9.62. The van der Waals surface area contributed by atoms with Crippen molar-refractivity contribution >= 4 is 30.8 Å². The van der Waals surface area contributed by atoms with Gasteiger partial charge >= 0.3 is 7.82 Å². The van der Waals surface area contributed by atoms with Crippen molar-refractivity contribution in [3.8, 4) is 0 Å². The maximum Gasteiger partial charge on any atom is 0.475 e. The van der Waals surface area contributed by atoms with Gasteiger partial charge in [0.25, 0.3) is 0 Å². The number of phosphoric acid groups is 1. The number of unbranched alkanes of at least 4 members (excludes halogenated alkanes) is 11. The zero-order chi connectivity index (χ0) is 33.0. The number of allylic oxidation sites excluding steroid dienone is 2. The van der Waals surface area contributed by atoms with Crippen molar-refractivity contribution in [1.82, 2.24) is 19.5 Å². The number of alkyl halides is 1. The molecule has 4 rings (SSSR count). The molecule has 2 aliphatic heterocycles. The van der Waals surface area contributed by atoms with E-state index in [0.29, 0.717) is 6.61 Å². The van der Waals surface area contributed by atoms with Crippen molar-refractivity contribution in [1.29, 1.82) is 0 Å². The molecule has 13 nitrogen and oxygen atoms in total. The molecule has 0 aliphatic carbocycles. The Morgan fingerprint density at radius 1 is 1.07 bits per heavy atom. The lowest BCUT2D eigenvalue weighted by atomic mass is 9.98. The number of nitrogens with two attached hydrogens (primary N) is 2. The first kappa shape index (κ1) is 36.6. The van der Waals surface area contributed by atoms with Crippen LogP contribution in [0.4, 0.5) is 16.2 Å². The molecule has 0 bridgehead atoms. The monoisotopic (exact) mass is 670 g/mol. The van der Waals surface area contributed by atoms with Gasteiger partial charge in [0.05, 0.1) is 26.1 Å². The first-order chi connectivity index (χ1) is 22.1. The van der Waals surface area contributed by atoms with E-state index in [1.54, 1.807) is 0 Å². The van der Waals surface area contributed by atoms with E-state index in [0.717, 1.165) is 19.3 Å². The van der Waals surface area contributed by atoms with Gasteiger partial charge in [-0.2, -0.15) is 9.97 Å². The Kier molecular flexibility index (Phi) is 14.2. The first-order valence-electron chi connectivity index (χ1n) is 16.7. The lowest BCUT2D eigenvalue weighted by molar-refractivity contribution is -0.0564. The van der Waals surface area contributed by atoms with Crippen LogP contribution in [0.1, 0.15) is 104 Å². The van der Waals surface area contributed by atoms with Crippen molar-refractivity contribution in [3.05, 3.63) is 18.5 Å². The van der Waals surface area contributed by atoms with Crippen LogP contribution in [0.3, 0.4) is 0 Å². The van der Waals surface area contributed by atoms with Crippen LogP contribution in [-0.2, 0) is 27.6 Å². The molecule has 4 heterocycles. The van der Waals surface area contributed by atoms with Crippen LogP contribution in [0.25, 0.3) is 11.2 Å². The van der Waals surface area contributed by atoms with Crippen molar-refractivity contribution in [2.45, 2.75) is 128 Å². The molecular formula is C31H52FN6O7P. The Labute approximate surface area is 271 Å². The van der Waals surface area contributed by atoms with E-state index in [1.165, 1.54) is 82.0 Å². The van der Waals surface area contributed by atoms with Crippen LogP contribution in [0.15, 0.2) is 18.5 Å². The average molecular weight is 671 g/mol. The minimum absolute atomic E-state index is 0.0278. The molecule has 2 aliphatic rings. The number of anilines is 2. The molecule has 6 atom stereocenters. The van der Waals surface area contributed by atoms with Gasteiger partial charge in [0.15, 0.2) is 23.4 Å². The van der Waals surface area contributed by atoms with E-state index >= 15 is 4.39 Å². The summed E-state index contributed by atoms with van der Waals surface area (Å²) in [5.74, 6) is -0.0920. The summed E-state index contributed by atoms with van der Waals surface area (Å²) in [6.07, 6.45) is 17.2. The van der Waals surface area contributed by atoms with Gasteiger partial charge in [-0.3, -0.25) is 18.1 Å². The Morgan fingerprint density at radius 2 is 1.74 bits per heavy atom. The van der Waals surface area contributed by atoms with Gasteiger partial charge in [-0.25, -0.2) is 13.9 Å². The summed E-state index contributed by atoms with van der Waals surface area (Å²) >= 11 is 0. The van der Waals surface area contributed by atoms with Crippen molar-refractivity contribution in [3.63, 3.8) is 0 Å². The molecule has 0 spiro atoms. The van der Waals surface area contributed by atoms with Crippen molar-refractivity contribution in [2.24, 2.45) is 0 Å². The highest BCUT2D eigenvalue weighted by atomic mass is 31.2. The van der Waals surface area contributed by atoms with Crippen LogP contribution in [0.5, 0.6) is 0 Å². The molecular weight excluding hydrogens is 618 g/mol. The van der Waals surface area contributed by atoms with Gasteiger partial charge in [0.2, 0.25) is 5.95 Å². The lowest BCUT2D eigenvalue weighted by Gasteiger charge is -2.24. The first-order valence-corrected chi connectivity index (χ1v) is 18.2. The highest BCUT2D eigenvalue weighted by molar-refractivity contribution is 7.48. The summed E-state index contributed by atoms with van der Waals surface area (Å²) in [6.45, 7) is 3.81. The standard InChI is InChI=1S/C31H52FN6O7P/c1-3-4-5-6-7-8-9-10-11-12-13-14-15-16-17-18-41-19-23-20-42-46(40,45-23)43-21-24-26(39)31(2,32)29(44-24)38-22-35-25-27(33)36-30(34)37-28(25)38/h10-11,22-24,26,29,39H,3-9,12-21H2,1-2H3,(H4,33,34,36,37)/b11-10-/t23-,24-,26+,29-,31+,46?/m1/s1. The van der Waals surface area contributed by atoms with Crippen LogP contribution in [0, 0.1) is 0 Å². The fourth-order valence-electron chi connectivity index (χ4n) is 5.70. The minimum atomic E-state index is -3.94. The molecule has 46 heavy (non-hydrogen) atoms. The number of aliphatic hydroxyl groups excluding tert-OH is 1. The van der Waals surface area contributed by atoms with E-state index in [2.05, 4.69) is 34.0 Å². The maximum absolute atomic E-state index is 15.7. The second kappa shape index (κ2) is 17.8. The van der Waals surface area contributed by atoms with E-state index in [9.17, 15) is 9.67 Å². The number of rotatable bonds is 21. The molecule has 15 heteroatoms. The second-order valence-corrected chi connectivity index (χ2v) is 14.0. The number of nitrogens with zero attached hydrogens (tertiary/aromatic N) is 4. The smallest absolute Gasteiger partial charge is 0.387 e. The highest BCUT2D eigenvalue weighted by Gasteiger charge is 2.56. The predicted octanol–water partition coefficient (Wildman–Crippen LogP) is 6.18. The minimum Gasteiger partial charge on any atom is -0.387 e. The summed E-state index contributed by atoms with van der Waals surface area (Å²) in [5, 5.41) is 10.7. The second-order valence-electron chi connectivity index (χ2n) is 12.3. The third-order valence-corrected chi connectivity index (χ3v) is 9.87. The molecule has 0 radical (unpaired) electrons. The van der Waals surface area contributed by atoms with Gasteiger partial charge in [-0.15, -0.1) is 0 Å². The average Bonchev–Trinajstić information content (AvgIpc) is 3.67. The zero-order valence-corrected chi connectivity index (χ0v) is 28.1. The van der Waals surface area contributed by atoms with E-state index in [1.807, 2.05) is 0 Å². The Bertz CT molecular complexity index is 1300.